The van der Waals surface area contributed by atoms with Crippen molar-refractivity contribution in [2.75, 3.05) is 19.8 Å². The Bertz CT molecular complexity index is 376. The number of rotatable bonds is 18. The fraction of sp³-hybridized carbons (Fsp3) is 0.950. The van der Waals surface area contributed by atoms with E-state index in [9.17, 15) is 9.36 Å². The van der Waals surface area contributed by atoms with Gasteiger partial charge >= 0.3 is 13.6 Å². The van der Waals surface area contributed by atoms with E-state index in [2.05, 4.69) is 6.92 Å². The van der Waals surface area contributed by atoms with Gasteiger partial charge in [0.25, 0.3) is 0 Å². The third-order valence-electron chi connectivity index (χ3n) is 4.39. The second-order valence-corrected chi connectivity index (χ2v) is 8.83. The summed E-state index contributed by atoms with van der Waals surface area (Å²) in [5.74, 6) is -0.464. The van der Waals surface area contributed by atoms with Gasteiger partial charge in [-0.2, -0.15) is 0 Å². The van der Waals surface area contributed by atoms with Gasteiger partial charge in [0.1, 0.15) is 0 Å². The highest BCUT2D eigenvalue weighted by Gasteiger charge is 2.41. The van der Waals surface area contributed by atoms with Crippen LogP contribution in [0.2, 0.25) is 0 Å². The van der Waals surface area contributed by atoms with E-state index < -0.39 is 19.2 Å². The van der Waals surface area contributed by atoms with Crippen molar-refractivity contribution in [2.24, 2.45) is 0 Å². The van der Waals surface area contributed by atoms with Crippen molar-refractivity contribution >= 4 is 13.6 Å². The molecular formula is C20H41O5P. The first-order valence-electron chi connectivity index (χ1n) is 10.6. The molecule has 0 N–H and O–H groups in total. The molecule has 0 radical (unpaired) electrons. The Morgan fingerprint density at radius 1 is 0.731 bits per heavy atom. The molecule has 0 saturated carbocycles. The summed E-state index contributed by atoms with van der Waals surface area (Å²) in [6, 6.07) is 0. The molecule has 0 rings (SSSR count). The van der Waals surface area contributed by atoms with Crippen LogP contribution in [-0.2, 0) is 23.1 Å². The largest absolute Gasteiger partial charge is 0.465 e. The van der Waals surface area contributed by atoms with Gasteiger partial charge in [0.05, 0.1) is 19.8 Å². The van der Waals surface area contributed by atoms with Crippen LogP contribution in [0.3, 0.4) is 0 Å². The summed E-state index contributed by atoms with van der Waals surface area (Å²) in [4.78, 5) is 12.3. The number of unbranched alkanes of at least 4 members (excludes halogenated alkanes) is 9. The second kappa shape index (κ2) is 16.8. The predicted octanol–water partition coefficient (Wildman–Crippen LogP) is 6.50. The van der Waals surface area contributed by atoms with E-state index in [-0.39, 0.29) is 19.8 Å². The molecule has 0 fully saturated rings. The molecule has 0 aromatic rings. The molecule has 0 aliphatic rings. The monoisotopic (exact) mass is 392 g/mol. The van der Waals surface area contributed by atoms with Crippen LogP contribution in [0.1, 0.15) is 98.3 Å². The quantitative estimate of drug-likeness (QED) is 0.151. The Balaban J connectivity index is 4.28. The average Bonchev–Trinajstić information content (AvgIpc) is 2.60. The Morgan fingerprint density at radius 3 is 1.62 bits per heavy atom. The number of esters is 1. The molecule has 0 amide bonds. The Hall–Kier alpha value is -0.380. The van der Waals surface area contributed by atoms with Gasteiger partial charge in [-0.25, -0.2) is 0 Å². The fourth-order valence-corrected chi connectivity index (χ4v) is 5.03. The molecule has 1 atom stereocenters. The van der Waals surface area contributed by atoms with Gasteiger partial charge in [-0.15, -0.1) is 0 Å². The zero-order valence-corrected chi connectivity index (χ0v) is 18.4. The Morgan fingerprint density at radius 2 is 1.19 bits per heavy atom. The summed E-state index contributed by atoms with van der Waals surface area (Å²) in [7, 11) is -3.47. The van der Waals surface area contributed by atoms with Crippen molar-refractivity contribution in [3.8, 4) is 0 Å². The van der Waals surface area contributed by atoms with Crippen LogP contribution in [0.15, 0.2) is 0 Å². The minimum atomic E-state index is -3.47. The molecule has 0 aliphatic carbocycles. The van der Waals surface area contributed by atoms with Crippen molar-refractivity contribution in [3.05, 3.63) is 0 Å². The highest BCUT2D eigenvalue weighted by Crippen LogP contribution is 2.55. The molecule has 0 heterocycles. The highest BCUT2D eigenvalue weighted by atomic mass is 31.2. The van der Waals surface area contributed by atoms with E-state index in [0.29, 0.717) is 6.42 Å². The minimum absolute atomic E-state index is 0.255. The first-order chi connectivity index (χ1) is 12.6. The summed E-state index contributed by atoms with van der Waals surface area (Å²) in [6.07, 6.45) is 12.6. The fourth-order valence-electron chi connectivity index (χ4n) is 3.05. The lowest BCUT2D eigenvalue weighted by atomic mass is 10.1. The van der Waals surface area contributed by atoms with Gasteiger partial charge in [-0.1, -0.05) is 71.1 Å². The molecule has 5 nitrogen and oxygen atoms in total. The first kappa shape index (κ1) is 25.6. The van der Waals surface area contributed by atoms with Crippen molar-refractivity contribution in [2.45, 2.75) is 104 Å². The standard InChI is InChI=1S/C20H41O5P/c1-5-9-10-11-12-13-14-15-16-17-18-19(20(21)23-6-2)26(22,24-7-3)25-8-4/h19H,5-18H2,1-4H3. The van der Waals surface area contributed by atoms with Crippen LogP contribution in [0.5, 0.6) is 0 Å². The van der Waals surface area contributed by atoms with Gasteiger partial charge in [0.15, 0.2) is 5.66 Å². The molecular weight excluding hydrogens is 351 g/mol. The number of carbonyl (C=O) groups is 1. The van der Waals surface area contributed by atoms with Crippen LogP contribution in [-0.4, -0.2) is 31.4 Å². The molecule has 0 aromatic heterocycles. The molecule has 26 heavy (non-hydrogen) atoms. The maximum atomic E-state index is 13.0. The number of hydrogen-bond acceptors (Lipinski definition) is 5. The molecule has 1 unspecified atom stereocenters. The average molecular weight is 393 g/mol. The van der Waals surface area contributed by atoms with E-state index in [1.165, 1.54) is 44.9 Å². The Labute approximate surface area is 161 Å². The summed E-state index contributed by atoms with van der Waals surface area (Å²) in [5.41, 5.74) is -0.809. The number of carbonyl (C=O) groups excluding carboxylic acids is 1. The van der Waals surface area contributed by atoms with Crippen LogP contribution >= 0.6 is 7.60 Å². The highest BCUT2D eigenvalue weighted by molar-refractivity contribution is 7.55. The Kier molecular flexibility index (Phi) is 16.5. The SMILES string of the molecule is CCCCCCCCCCCCC(C(=O)OCC)P(=O)(OCC)OCC. The van der Waals surface area contributed by atoms with Gasteiger partial charge in [-0.05, 0) is 27.2 Å². The lowest BCUT2D eigenvalue weighted by molar-refractivity contribution is -0.143. The van der Waals surface area contributed by atoms with E-state index >= 15 is 0 Å². The number of hydrogen-bond donors (Lipinski definition) is 0. The van der Waals surface area contributed by atoms with E-state index in [4.69, 9.17) is 13.8 Å². The maximum Gasteiger partial charge on any atom is 0.344 e. The summed E-state index contributed by atoms with van der Waals surface area (Å²) in [6.45, 7) is 8.28. The molecule has 156 valence electrons. The third kappa shape index (κ3) is 11.4. The van der Waals surface area contributed by atoms with Crippen LogP contribution in [0, 0.1) is 0 Å². The normalized spacial score (nSPS) is 12.9. The van der Waals surface area contributed by atoms with Crippen LogP contribution in [0.25, 0.3) is 0 Å². The van der Waals surface area contributed by atoms with Gasteiger partial charge in [0.2, 0.25) is 0 Å². The molecule has 0 saturated heterocycles. The van der Waals surface area contributed by atoms with Crippen LogP contribution < -0.4 is 0 Å². The minimum Gasteiger partial charge on any atom is -0.465 e. The predicted molar refractivity (Wildman–Crippen MR) is 108 cm³/mol. The van der Waals surface area contributed by atoms with E-state index in [1.807, 2.05) is 0 Å². The van der Waals surface area contributed by atoms with Gasteiger partial charge < -0.3 is 13.8 Å². The van der Waals surface area contributed by atoms with Gasteiger partial charge in [-0.3, -0.25) is 9.36 Å². The second-order valence-electron chi connectivity index (χ2n) is 6.61. The lowest BCUT2D eigenvalue weighted by Crippen LogP contribution is -2.26. The molecule has 0 aromatic carbocycles. The van der Waals surface area contributed by atoms with Crippen molar-refractivity contribution in [1.82, 2.24) is 0 Å². The number of ether oxygens (including phenoxy) is 1. The summed E-state index contributed by atoms with van der Waals surface area (Å²) >= 11 is 0. The maximum absolute atomic E-state index is 13.0. The zero-order valence-electron chi connectivity index (χ0n) is 17.5. The van der Waals surface area contributed by atoms with Crippen LogP contribution in [0.4, 0.5) is 0 Å². The summed E-state index contributed by atoms with van der Waals surface area (Å²) in [5, 5.41) is 0. The van der Waals surface area contributed by atoms with Crippen molar-refractivity contribution in [3.63, 3.8) is 0 Å². The first-order valence-corrected chi connectivity index (χ1v) is 12.2. The molecule has 0 aliphatic heterocycles. The van der Waals surface area contributed by atoms with E-state index in [1.54, 1.807) is 20.8 Å². The van der Waals surface area contributed by atoms with Gasteiger partial charge in [0, 0.05) is 0 Å². The topological polar surface area (TPSA) is 61.8 Å². The molecule has 6 heteroatoms. The van der Waals surface area contributed by atoms with E-state index in [0.717, 1.165) is 19.3 Å². The van der Waals surface area contributed by atoms with Crippen molar-refractivity contribution < 1.29 is 23.1 Å². The molecule has 0 bridgehead atoms. The van der Waals surface area contributed by atoms with Crippen molar-refractivity contribution in [1.29, 1.82) is 0 Å². The zero-order chi connectivity index (χ0) is 19.7. The lowest BCUT2D eigenvalue weighted by Gasteiger charge is -2.24. The summed E-state index contributed by atoms with van der Waals surface area (Å²) < 4.78 is 28.8. The third-order valence-corrected chi connectivity index (χ3v) is 6.86. The molecule has 0 spiro atoms. The smallest absolute Gasteiger partial charge is 0.344 e.